The molecule has 0 aliphatic carbocycles. The van der Waals surface area contributed by atoms with Crippen LogP contribution in [0.4, 0.5) is 5.82 Å². The van der Waals surface area contributed by atoms with Gasteiger partial charge in [0.05, 0.1) is 32.3 Å². The number of ether oxygens (including phenoxy) is 2. The molecule has 4 aromatic rings. The van der Waals surface area contributed by atoms with Gasteiger partial charge in [-0.3, -0.25) is 4.79 Å². The molecule has 1 aromatic carbocycles. The number of aryl methyl sites for hydroxylation is 2. The average molecular weight is 478 g/mol. The maximum Gasteiger partial charge on any atom is 0.303 e. The molecule has 1 N–H and O–H groups in total. The Bertz CT molecular complexity index is 1340. The maximum absolute atomic E-state index is 11.2. The van der Waals surface area contributed by atoms with E-state index in [1.54, 1.807) is 11.8 Å². The topological polar surface area (TPSA) is 120 Å². The molecule has 1 aliphatic rings. The van der Waals surface area contributed by atoms with E-state index in [0.717, 1.165) is 11.1 Å². The quantitative estimate of drug-likeness (QED) is 0.408. The number of methoxy groups -OCH3 is 1. The van der Waals surface area contributed by atoms with E-state index in [0.29, 0.717) is 73.9 Å². The number of aliphatic carboxylic acids is 1. The molecule has 1 fully saturated rings. The van der Waals surface area contributed by atoms with Crippen LogP contribution in [0.1, 0.15) is 19.2 Å². The van der Waals surface area contributed by atoms with E-state index < -0.39 is 5.97 Å². The van der Waals surface area contributed by atoms with Gasteiger partial charge in [0.25, 0.3) is 5.95 Å². The molecule has 0 spiro atoms. The third kappa shape index (κ3) is 4.42. The van der Waals surface area contributed by atoms with Gasteiger partial charge >= 0.3 is 5.97 Å². The Morgan fingerprint density at radius 3 is 2.60 bits per heavy atom. The van der Waals surface area contributed by atoms with Crippen molar-refractivity contribution in [1.29, 1.82) is 0 Å². The van der Waals surface area contributed by atoms with Gasteiger partial charge in [-0.15, -0.1) is 5.10 Å². The fourth-order valence-corrected chi connectivity index (χ4v) is 4.29. The summed E-state index contributed by atoms with van der Waals surface area (Å²) in [5.74, 6) is 1.36. The van der Waals surface area contributed by atoms with E-state index in [2.05, 4.69) is 10.00 Å². The van der Waals surface area contributed by atoms with Crippen LogP contribution >= 0.6 is 0 Å². The highest BCUT2D eigenvalue weighted by Gasteiger charge is 2.24. The summed E-state index contributed by atoms with van der Waals surface area (Å²) in [6, 6.07) is 9.87. The van der Waals surface area contributed by atoms with Gasteiger partial charge in [0, 0.05) is 32.3 Å². The molecule has 0 amide bonds. The first kappa shape index (κ1) is 22.8. The van der Waals surface area contributed by atoms with Crippen LogP contribution in [0, 0.1) is 0 Å². The van der Waals surface area contributed by atoms with Gasteiger partial charge in [-0.1, -0.05) is 30.3 Å². The van der Waals surface area contributed by atoms with Crippen molar-refractivity contribution in [3.8, 4) is 23.0 Å². The van der Waals surface area contributed by atoms with E-state index in [1.165, 1.54) is 0 Å². The van der Waals surface area contributed by atoms with E-state index >= 15 is 0 Å². The number of aromatic nitrogens is 6. The van der Waals surface area contributed by atoms with Crippen molar-refractivity contribution < 1.29 is 19.4 Å². The zero-order chi connectivity index (χ0) is 24.4. The number of hydrogen-bond acceptors (Lipinski definition) is 8. The van der Waals surface area contributed by atoms with Gasteiger partial charge < -0.3 is 24.0 Å². The molecule has 0 radical (unpaired) electrons. The summed E-state index contributed by atoms with van der Waals surface area (Å²) in [6.07, 6.45) is 2.16. The smallest absolute Gasteiger partial charge is 0.303 e. The van der Waals surface area contributed by atoms with Crippen molar-refractivity contribution in [2.24, 2.45) is 0 Å². The van der Waals surface area contributed by atoms with Crippen LogP contribution in [0.5, 0.6) is 5.88 Å². The number of rotatable bonds is 8. The number of benzene rings is 1. The van der Waals surface area contributed by atoms with Crippen LogP contribution in [0.25, 0.3) is 28.2 Å². The molecule has 1 aliphatic heterocycles. The lowest BCUT2D eigenvalue weighted by Gasteiger charge is -2.28. The van der Waals surface area contributed by atoms with Gasteiger partial charge in [-0.25, -0.2) is 9.67 Å². The second-order valence-electron chi connectivity index (χ2n) is 8.15. The van der Waals surface area contributed by atoms with Crippen LogP contribution in [-0.4, -0.2) is 73.8 Å². The number of imidazole rings is 1. The van der Waals surface area contributed by atoms with Crippen molar-refractivity contribution in [3.05, 3.63) is 42.4 Å². The first-order chi connectivity index (χ1) is 17.1. The molecule has 11 nitrogen and oxygen atoms in total. The molecule has 0 bridgehead atoms. The number of fused-ring (bicyclic) bond motifs is 1. The third-order valence-electron chi connectivity index (χ3n) is 6.00. The standard InChI is InChI=1S/C24H27N7O4/c1-3-30-18(9-10-19(32)33)25-20-21(29-11-13-35-14-12-29)26-24(27-22(20)30)31-15-17(23(28-31)34-2)16-7-5-4-6-8-16/h4-8,15H,3,9-14H2,1-2H3,(H,32,33). The highest BCUT2D eigenvalue weighted by molar-refractivity contribution is 5.85. The monoisotopic (exact) mass is 477 g/mol. The van der Waals surface area contributed by atoms with Crippen LogP contribution in [0.2, 0.25) is 0 Å². The molecular weight excluding hydrogens is 450 g/mol. The van der Waals surface area contributed by atoms with E-state index in [-0.39, 0.29) is 6.42 Å². The second kappa shape index (κ2) is 9.71. The minimum absolute atomic E-state index is 0.00666. The highest BCUT2D eigenvalue weighted by Crippen LogP contribution is 2.31. The molecule has 3 aromatic heterocycles. The molecular formula is C24H27N7O4. The summed E-state index contributed by atoms with van der Waals surface area (Å²) < 4.78 is 14.7. The van der Waals surface area contributed by atoms with Crippen molar-refractivity contribution in [1.82, 2.24) is 29.3 Å². The Balaban J connectivity index is 1.67. The normalized spacial score (nSPS) is 13.9. The lowest BCUT2D eigenvalue weighted by atomic mass is 10.1. The van der Waals surface area contributed by atoms with Gasteiger partial charge in [0.15, 0.2) is 17.0 Å². The second-order valence-corrected chi connectivity index (χ2v) is 8.15. The molecule has 35 heavy (non-hydrogen) atoms. The van der Waals surface area contributed by atoms with Gasteiger partial charge in [0.1, 0.15) is 5.82 Å². The van der Waals surface area contributed by atoms with Crippen LogP contribution < -0.4 is 9.64 Å². The number of morpholine rings is 1. The van der Waals surface area contributed by atoms with Crippen molar-refractivity contribution in [2.75, 3.05) is 38.3 Å². The molecule has 4 heterocycles. The Labute approximate surface area is 201 Å². The molecule has 1 saturated heterocycles. The fraction of sp³-hybridized carbons (Fsp3) is 0.375. The number of hydrogen-bond donors (Lipinski definition) is 1. The van der Waals surface area contributed by atoms with Crippen molar-refractivity contribution in [2.45, 2.75) is 26.3 Å². The maximum atomic E-state index is 11.2. The molecule has 5 rings (SSSR count). The highest BCUT2D eigenvalue weighted by atomic mass is 16.5. The summed E-state index contributed by atoms with van der Waals surface area (Å²) in [5, 5.41) is 13.8. The number of carbonyl (C=O) groups is 1. The van der Waals surface area contributed by atoms with E-state index in [1.807, 2.05) is 48.0 Å². The lowest BCUT2D eigenvalue weighted by Crippen LogP contribution is -2.37. The SMILES string of the molecule is CCn1c(CCC(=O)O)nc2c(N3CCOCC3)nc(-n3cc(-c4ccccc4)c(OC)n3)nc21. The summed E-state index contributed by atoms with van der Waals surface area (Å²) in [4.78, 5) is 27.8. The minimum atomic E-state index is -0.864. The predicted molar refractivity (Wildman–Crippen MR) is 129 cm³/mol. The minimum Gasteiger partial charge on any atom is -0.481 e. The molecule has 0 saturated carbocycles. The van der Waals surface area contributed by atoms with Crippen molar-refractivity contribution in [3.63, 3.8) is 0 Å². The Hall–Kier alpha value is -3.99. The Morgan fingerprint density at radius 1 is 1.14 bits per heavy atom. The summed E-state index contributed by atoms with van der Waals surface area (Å²) in [5.41, 5.74) is 3.10. The summed E-state index contributed by atoms with van der Waals surface area (Å²) in [6.45, 7) is 5.12. The number of carboxylic acids is 1. The lowest BCUT2D eigenvalue weighted by molar-refractivity contribution is -0.137. The molecule has 0 atom stereocenters. The van der Waals surface area contributed by atoms with E-state index in [9.17, 15) is 9.90 Å². The average Bonchev–Trinajstić information content (AvgIpc) is 3.49. The van der Waals surface area contributed by atoms with Gasteiger partial charge in [0.2, 0.25) is 5.88 Å². The summed E-state index contributed by atoms with van der Waals surface area (Å²) >= 11 is 0. The van der Waals surface area contributed by atoms with Crippen LogP contribution in [0.15, 0.2) is 36.5 Å². The zero-order valence-electron chi connectivity index (χ0n) is 19.7. The van der Waals surface area contributed by atoms with Gasteiger partial charge in [-0.2, -0.15) is 9.97 Å². The Morgan fingerprint density at radius 2 is 1.91 bits per heavy atom. The number of anilines is 1. The first-order valence-electron chi connectivity index (χ1n) is 11.6. The van der Waals surface area contributed by atoms with Crippen molar-refractivity contribution >= 4 is 23.0 Å². The number of nitrogens with zero attached hydrogens (tertiary/aromatic N) is 7. The predicted octanol–water partition coefficient (Wildman–Crippen LogP) is 2.56. The summed E-state index contributed by atoms with van der Waals surface area (Å²) in [7, 11) is 1.59. The number of carboxylic acid groups (broad SMARTS) is 1. The van der Waals surface area contributed by atoms with E-state index in [4.69, 9.17) is 24.4 Å². The Kier molecular flexibility index (Phi) is 6.32. The fourth-order valence-electron chi connectivity index (χ4n) is 4.29. The first-order valence-corrected chi connectivity index (χ1v) is 11.6. The molecule has 11 heteroatoms. The largest absolute Gasteiger partial charge is 0.481 e. The third-order valence-corrected chi connectivity index (χ3v) is 6.00. The molecule has 182 valence electrons. The van der Waals surface area contributed by atoms with Crippen LogP contribution in [-0.2, 0) is 22.5 Å². The van der Waals surface area contributed by atoms with Gasteiger partial charge in [-0.05, 0) is 12.5 Å². The molecule has 0 unspecified atom stereocenters. The van der Waals surface area contributed by atoms with Crippen LogP contribution in [0.3, 0.4) is 0 Å². The zero-order valence-corrected chi connectivity index (χ0v) is 19.7.